The molecule has 0 saturated carbocycles. The van der Waals surface area contributed by atoms with Crippen LogP contribution in [0.5, 0.6) is 0 Å². The van der Waals surface area contributed by atoms with Gasteiger partial charge in [-0.3, -0.25) is 9.59 Å². The number of hydrogen-bond donors (Lipinski definition) is 1. The van der Waals surface area contributed by atoms with Crippen LogP contribution in [0.3, 0.4) is 0 Å². The van der Waals surface area contributed by atoms with Crippen LogP contribution in [0, 0.1) is 13.8 Å². The van der Waals surface area contributed by atoms with Crippen LogP contribution in [-0.2, 0) is 9.59 Å². The quantitative estimate of drug-likeness (QED) is 0.856. The first-order chi connectivity index (χ1) is 11.5. The van der Waals surface area contributed by atoms with Crippen molar-refractivity contribution < 1.29 is 9.59 Å². The summed E-state index contributed by atoms with van der Waals surface area (Å²) in [6, 6.07) is 14.3. The van der Waals surface area contributed by atoms with E-state index in [9.17, 15) is 9.59 Å². The molecule has 1 atom stereocenters. The van der Waals surface area contributed by atoms with Crippen LogP contribution in [0.15, 0.2) is 42.5 Å². The Balaban J connectivity index is 1.76. The Morgan fingerprint density at radius 3 is 2.33 bits per heavy atom. The number of ketones is 1. The first kappa shape index (κ1) is 15.5. The van der Waals surface area contributed by atoms with Gasteiger partial charge in [0.15, 0.2) is 5.78 Å². The SMILES string of the molecule is Cc1cc(C2C(=O)NC3(CSC3)C2=O)c(C)cc1-c1ccccc1. The lowest BCUT2D eigenvalue weighted by Crippen LogP contribution is -2.57. The maximum absolute atomic E-state index is 12.8. The highest BCUT2D eigenvalue weighted by atomic mass is 32.2. The minimum atomic E-state index is -0.658. The minimum absolute atomic E-state index is 0.0428. The summed E-state index contributed by atoms with van der Waals surface area (Å²) in [6.07, 6.45) is 0. The predicted octanol–water partition coefficient (Wildman–Crippen LogP) is 3.24. The van der Waals surface area contributed by atoms with Gasteiger partial charge in [0.1, 0.15) is 11.5 Å². The highest BCUT2D eigenvalue weighted by Crippen LogP contribution is 2.41. The Morgan fingerprint density at radius 2 is 1.75 bits per heavy atom. The van der Waals surface area contributed by atoms with Gasteiger partial charge in [-0.15, -0.1) is 0 Å². The van der Waals surface area contributed by atoms with Gasteiger partial charge < -0.3 is 5.32 Å². The zero-order valence-electron chi connectivity index (χ0n) is 13.8. The van der Waals surface area contributed by atoms with E-state index in [1.807, 2.05) is 38.1 Å². The number of Topliss-reactive ketones (excluding diaryl/α,β-unsaturated/α-hetero) is 1. The number of rotatable bonds is 2. The molecule has 2 saturated heterocycles. The summed E-state index contributed by atoms with van der Waals surface area (Å²) in [7, 11) is 0. The van der Waals surface area contributed by atoms with Crippen LogP contribution in [0.4, 0.5) is 0 Å². The zero-order chi connectivity index (χ0) is 16.9. The molecule has 1 unspecified atom stereocenters. The lowest BCUT2D eigenvalue weighted by molar-refractivity contribution is -0.125. The number of thioether (sulfide) groups is 1. The van der Waals surface area contributed by atoms with E-state index in [1.165, 1.54) is 0 Å². The monoisotopic (exact) mass is 337 g/mol. The van der Waals surface area contributed by atoms with E-state index in [2.05, 4.69) is 23.5 Å². The number of carbonyl (C=O) groups excluding carboxylic acids is 2. The van der Waals surface area contributed by atoms with Crippen molar-refractivity contribution in [3.05, 3.63) is 59.2 Å². The molecule has 1 spiro atoms. The molecule has 0 bridgehead atoms. The molecule has 0 aromatic heterocycles. The van der Waals surface area contributed by atoms with Crippen molar-refractivity contribution >= 4 is 23.5 Å². The summed E-state index contributed by atoms with van der Waals surface area (Å²) in [5, 5.41) is 2.95. The Kier molecular flexibility index (Phi) is 3.53. The topological polar surface area (TPSA) is 46.2 Å². The average molecular weight is 337 g/mol. The number of nitrogens with one attached hydrogen (secondary N) is 1. The van der Waals surface area contributed by atoms with Gasteiger partial charge in [0, 0.05) is 11.5 Å². The minimum Gasteiger partial charge on any atom is -0.341 e. The largest absolute Gasteiger partial charge is 0.341 e. The summed E-state index contributed by atoms with van der Waals surface area (Å²) < 4.78 is 0. The first-order valence-corrected chi connectivity index (χ1v) is 9.28. The summed E-state index contributed by atoms with van der Waals surface area (Å²) in [4.78, 5) is 25.3. The Labute approximate surface area is 145 Å². The molecule has 2 heterocycles. The van der Waals surface area contributed by atoms with Gasteiger partial charge in [-0.2, -0.15) is 11.8 Å². The molecular formula is C20H19NO2S. The van der Waals surface area contributed by atoms with Crippen molar-refractivity contribution in [2.45, 2.75) is 25.3 Å². The molecule has 2 aliphatic rings. The number of benzene rings is 2. The molecule has 4 heteroatoms. The standard InChI is InChI=1S/C20H19NO2S/c1-12-9-16(13(2)8-15(12)14-6-4-3-5-7-14)17-18(22)20(10-24-11-20)21-19(17)23/h3-9,17H,10-11H2,1-2H3,(H,21,23). The second-order valence-corrected chi connectivity index (χ2v) is 7.74. The second kappa shape index (κ2) is 5.49. The van der Waals surface area contributed by atoms with E-state index in [1.54, 1.807) is 11.8 Å². The zero-order valence-corrected chi connectivity index (χ0v) is 14.6. The molecule has 2 aliphatic heterocycles. The molecule has 1 N–H and O–H groups in total. The molecule has 0 radical (unpaired) electrons. The van der Waals surface area contributed by atoms with Gasteiger partial charge >= 0.3 is 0 Å². The number of aryl methyl sites for hydroxylation is 2. The highest BCUT2D eigenvalue weighted by Gasteiger charge is 2.56. The van der Waals surface area contributed by atoms with Crippen LogP contribution in [-0.4, -0.2) is 28.7 Å². The predicted molar refractivity (Wildman–Crippen MR) is 97.3 cm³/mol. The third kappa shape index (κ3) is 2.20. The number of hydrogen-bond acceptors (Lipinski definition) is 3. The lowest BCUT2D eigenvalue weighted by Gasteiger charge is -2.35. The van der Waals surface area contributed by atoms with E-state index in [-0.39, 0.29) is 11.7 Å². The molecule has 4 rings (SSSR count). The van der Waals surface area contributed by atoms with Crippen molar-refractivity contribution in [2.75, 3.05) is 11.5 Å². The van der Waals surface area contributed by atoms with E-state index >= 15 is 0 Å². The van der Waals surface area contributed by atoms with Gasteiger partial charge in [0.25, 0.3) is 0 Å². The van der Waals surface area contributed by atoms with Crippen LogP contribution in [0.2, 0.25) is 0 Å². The first-order valence-electron chi connectivity index (χ1n) is 8.12. The maximum atomic E-state index is 12.8. The molecular weight excluding hydrogens is 318 g/mol. The van der Waals surface area contributed by atoms with Gasteiger partial charge in [0.05, 0.1) is 0 Å². The van der Waals surface area contributed by atoms with E-state index in [4.69, 9.17) is 0 Å². The summed E-state index contributed by atoms with van der Waals surface area (Å²) >= 11 is 1.71. The van der Waals surface area contributed by atoms with Crippen molar-refractivity contribution in [1.82, 2.24) is 5.32 Å². The average Bonchev–Trinajstić information content (AvgIpc) is 2.81. The van der Waals surface area contributed by atoms with Gasteiger partial charge in [-0.25, -0.2) is 0 Å². The third-order valence-corrected chi connectivity index (χ3v) is 6.46. The van der Waals surface area contributed by atoms with E-state index < -0.39 is 11.5 Å². The molecule has 24 heavy (non-hydrogen) atoms. The highest BCUT2D eigenvalue weighted by molar-refractivity contribution is 8.01. The van der Waals surface area contributed by atoms with E-state index in [0.29, 0.717) is 11.5 Å². The molecule has 3 nitrogen and oxygen atoms in total. The van der Waals surface area contributed by atoms with Crippen molar-refractivity contribution in [1.29, 1.82) is 0 Å². The Morgan fingerprint density at radius 1 is 1.04 bits per heavy atom. The van der Waals surface area contributed by atoms with Crippen LogP contribution in [0.1, 0.15) is 22.6 Å². The van der Waals surface area contributed by atoms with E-state index in [0.717, 1.165) is 27.8 Å². The number of carbonyl (C=O) groups is 2. The molecule has 0 aliphatic carbocycles. The summed E-state index contributed by atoms with van der Waals surface area (Å²) in [6.45, 7) is 4.03. The molecule has 122 valence electrons. The van der Waals surface area contributed by atoms with Gasteiger partial charge in [-0.1, -0.05) is 42.5 Å². The van der Waals surface area contributed by atoms with Crippen LogP contribution < -0.4 is 5.32 Å². The Bertz CT molecular complexity index is 840. The van der Waals surface area contributed by atoms with Crippen LogP contribution >= 0.6 is 11.8 Å². The lowest BCUT2D eigenvalue weighted by atomic mass is 9.84. The number of amides is 1. The molecule has 2 aromatic carbocycles. The van der Waals surface area contributed by atoms with Crippen LogP contribution in [0.25, 0.3) is 11.1 Å². The second-order valence-electron chi connectivity index (χ2n) is 6.75. The van der Waals surface area contributed by atoms with Gasteiger partial charge in [0.2, 0.25) is 5.91 Å². The summed E-state index contributed by atoms with van der Waals surface area (Å²) in [5.41, 5.74) is 4.63. The maximum Gasteiger partial charge on any atom is 0.236 e. The van der Waals surface area contributed by atoms with Crippen molar-refractivity contribution in [3.8, 4) is 11.1 Å². The molecule has 2 aromatic rings. The fourth-order valence-corrected chi connectivity index (χ4v) is 4.69. The van der Waals surface area contributed by atoms with Crippen molar-refractivity contribution in [2.24, 2.45) is 0 Å². The fourth-order valence-electron chi connectivity index (χ4n) is 3.65. The third-order valence-electron chi connectivity index (χ3n) is 5.06. The smallest absolute Gasteiger partial charge is 0.236 e. The Hall–Kier alpha value is -2.07. The fraction of sp³-hybridized carbons (Fsp3) is 0.300. The van der Waals surface area contributed by atoms with Gasteiger partial charge in [-0.05, 0) is 41.7 Å². The molecule has 1 amide bonds. The normalized spacial score (nSPS) is 21.7. The summed E-state index contributed by atoms with van der Waals surface area (Å²) in [5.74, 6) is 0.647. The van der Waals surface area contributed by atoms with Crippen molar-refractivity contribution in [3.63, 3.8) is 0 Å². The molecule has 2 fully saturated rings.